The van der Waals surface area contributed by atoms with E-state index >= 15 is 0 Å². The Morgan fingerprint density at radius 2 is 1.60 bits per heavy atom. The summed E-state index contributed by atoms with van der Waals surface area (Å²) in [6.07, 6.45) is -0.654. The van der Waals surface area contributed by atoms with Crippen molar-refractivity contribution in [3.8, 4) is 0 Å². The lowest BCUT2D eigenvalue weighted by Crippen LogP contribution is -2.71. The van der Waals surface area contributed by atoms with Gasteiger partial charge >= 0.3 is 11.9 Å². The zero-order valence-electron chi connectivity index (χ0n) is 27.0. The van der Waals surface area contributed by atoms with Crippen molar-refractivity contribution in [1.29, 1.82) is 0 Å². The number of aliphatic hydroxyl groups excluding tert-OH is 3. The minimum Gasteiger partial charge on any atom is -0.462 e. The van der Waals surface area contributed by atoms with Crippen LogP contribution in [-0.4, -0.2) is 69.5 Å². The van der Waals surface area contributed by atoms with E-state index in [-0.39, 0.29) is 41.0 Å². The fourth-order valence-electron chi connectivity index (χ4n) is 12.0. The Balaban J connectivity index is 1.44. The Hall–Kier alpha value is -1.22. The van der Waals surface area contributed by atoms with Gasteiger partial charge in [0.05, 0.1) is 18.3 Å². The molecule has 5 aliphatic carbocycles. The van der Waals surface area contributed by atoms with Crippen molar-refractivity contribution in [1.82, 2.24) is 0 Å². The molecule has 6 fully saturated rings. The topological polar surface area (TPSA) is 126 Å². The van der Waals surface area contributed by atoms with Crippen molar-refractivity contribution in [2.24, 2.45) is 63.6 Å². The largest absolute Gasteiger partial charge is 0.462 e. The number of ether oxygens (including phenoxy) is 3. The van der Waals surface area contributed by atoms with Gasteiger partial charge in [-0.1, -0.05) is 48.5 Å². The van der Waals surface area contributed by atoms with Crippen LogP contribution in [-0.2, 0) is 23.8 Å². The summed E-state index contributed by atoms with van der Waals surface area (Å²) in [6, 6.07) is 0. The number of carbonyl (C=O) groups excluding carboxylic acids is 2. The maximum absolute atomic E-state index is 12.6. The van der Waals surface area contributed by atoms with E-state index in [4.69, 9.17) is 14.2 Å². The van der Waals surface area contributed by atoms with Crippen LogP contribution in [0.1, 0.15) is 94.4 Å². The minimum absolute atomic E-state index is 0.150. The lowest BCUT2D eigenvalue weighted by Gasteiger charge is -2.63. The summed E-state index contributed by atoms with van der Waals surface area (Å²) in [4.78, 5) is 25.2. The maximum atomic E-state index is 12.6. The molecular formula is C34H54O8. The van der Waals surface area contributed by atoms with Gasteiger partial charge in [0.15, 0.2) is 0 Å². The molecule has 0 bridgehead atoms. The SMILES string of the molecule is CC(=O)O[C@H]1[C@H]2[C@@H]([C@H](O)[C@H]3O[C@]34C[C@@H](O)CC[C@]24C)[C@@H]2C[C@@H](OC(C)=O)[C@H]([C@H](C)[C@H]3C[C@]3(C)[C@H](C)C(C)C)[C@@]2(C)[C@@H]1O. The van der Waals surface area contributed by atoms with E-state index < -0.39 is 59.0 Å². The smallest absolute Gasteiger partial charge is 0.303 e. The van der Waals surface area contributed by atoms with Crippen LogP contribution in [0.4, 0.5) is 0 Å². The number of aliphatic hydroxyl groups is 3. The Bertz CT molecular complexity index is 1120. The van der Waals surface area contributed by atoms with E-state index in [0.29, 0.717) is 43.4 Å². The number of fused-ring (bicyclic) bond motifs is 4. The van der Waals surface area contributed by atoms with Gasteiger partial charge < -0.3 is 29.5 Å². The second-order valence-electron chi connectivity index (χ2n) is 16.4. The van der Waals surface area contributed by atoms with Gasteiger partial charge in [0.2, 0.25) is 0 Å². The average Bonchev–Trinajstić information content (AvgIpc) is 3.77. The van der Waals surface area contributed by atoms with Gasteiger partial charge in [0, 0.05) is 42.9 Å². The van der Waals surface area contributed by atoms with Gasteiger partial charge in [0.25, 0.3) is 0 Å². The number of carbonyl (C=O) groups is 2. The van der Waals surface area contributed by atoms with Crippen LogP contribution >= 0.6 is 0 Å². The molecule has 0 aromatic carbocycles. The molecule has 5 saturated carbocycles. The van der Waals surface area contributed by atoms with Crippen LogP contribution in [0.25, 0.3) is 0 Å². The van der Waals surface area contributed by atoms with Gasteiger partial charge in [-0.2, -0.15) is 0 Å². The van der Waals surface area contributed by atoms with E-state index in [0.717, 1.165) is 6.42 Å². The first-order chi connectivity index (χ1) is 19.5. The molecule has 3 N–H and O–H groups in total. The van der Waals surface area contributed by atoms with Crippen LogP contribution in [0.3, 0.4) is 0 Å². The summed E-state index contributed by atoms with van der Waals surface area (Å²) in [5.74, 6) is -0.132. The Kier molecular flexibility index (Phi) is 7.07. The molecule has 1 aliphatic heterocycles. The van der Waals surface area contributed by atoms with E-state index in [1.165, 1.54) is 13.8 Å². The van der Waals surface area contributed by atoms with Crippen LogP contribution in [0.15, 0.2) is 0 Å². The van der Waals surface area contributed by atoms with Crippen LogP contribution in [0.5, 0.6) is 0 Å². The Morgan fingerprint density at radius 1 is 0.952 bits per heavy atom. The van der Waals surface area contributed by atoms with E-state index in [1.807, 2.05) is 0 Å². The van der Waals surface area contributed by atoms with Crippen LogP contribution in [0, 0.1) is 63.6 Å². The lowest BCUT2D eigenvalue weighted by atomic mass is 9.42. The van der Waals surface area contributed by atoms with Crippen molar-refractivity contribution >= 4 is 11.9 Å². The molecule has 238 valence electrons. The van der Waals surface area contributed by atoms with Gasteiger partial charge in [-0.05, 0) is 66.6 Å². The standard InChI is InChI=1S/C34H54O8/c1-15(2)17(4)31(7)14-22(31)16(3)25-23(40-18(5)35)12-21-24-26(28(41-19(6)36)29(39)33(21,25)9)32(8)11-10-20(37)13-34(32)30(42-34)27(24)38/h15-17,20-30,37-39H,10-14H2,1-9H3/t16-,17-,20+,21+,22-,23-,24+,25+,26-,27+,28+,29-,30-,31-,32-,33+,34-/m1/s1. The summed E-state index contributed by atoms with van der Waals surface area (Å²) in [5.41, 5.74) is -1.78. The molecule has 1 spiro atoms. The predicted octanol–water partition coefficient (Wildman–Crippen LogP) is 4.12. The maximum Gasteiger partial charge on any atom is 0.303 e. The molecule has 42 heavy (non-hydrogen) atoms. The Morgan fingerprint density at radius 3 is 2.19 bits per heavy atom. The molecule has 0 aromatic rings. The number of epoxide rings is 1. The highest BCUT2D eigenvalue weighted by molar-refractivity contribution is 5.67. The van der Waals surface area contributed by atoms with Crippen LogP contribution in [0.2, 0.25) is 0 Å². The third-order valence-electron chi connectivity index (χ3n) is 14.5. The minimum atomic E-state index is -1.00. The number of rotatable bonds is 6. The first kappa shape index (κ1) is 30.8. The molecule has 6 aliphatic rings. The molecule has 8 nitrogen and oxygen atoms in total. The van der Waals surface area contributed by atoms with E-state index in [2.05, 4.69) is 48.5 Å². The lowest BCUT2D eigenvalue weighted by molar-refractivity contribution is -0.251. The zero-order chi connectivity index (χ0) is 30.9. The van der Waals surface area contributed by atoms with Crippen molar-refractivity contribution in [2.45, 2.75) is 137 Å². The highest BCUT2D eigenvalue weighted by Crippen LogP contribution is 2.76. The van der Waals surface area contributed by atoms with Gasteiger partial charge in [-0.25, -0.2) is 0 Å². The molecular weight excluding hydrogens is 536 g/mol. The van der Waals surface area contributed by atoms with Crippen LogP contribution < -0.4 is 0 Å². The normalized spacial score (nSPS) is 55.4. The fraction of sp³-hybridized carbons (Fsp3) is 0.941. The molecule has 1 saturated heterocycles. The monoisotopic (exact) mass is 590 g/mol. The molecule has 17 atom stereocenters. The van der Waals surface area contributed by atoms with Gasteiger partial charge in [-0.3, -0.25) is 9.59 Å². The van der Waals surface area contributed by atoms with Gasteiger partial charge in [0.1, 0.15) is 23.9 Å². The molecule has 0 radical (unpaired) electrons. The summed E-state index contributed by atoms with van der Waals surface area (Å²) in [6.45, 7) is 18.6. The summed E-state index contributed by atoms with van der Waals surface area (Å²) in [7, 11) is 0. The second kappa shape index (κ2) is 9.64. The second-order valence-corrected chi connectivity index (χ2v) is 16.4. The molecule has 0 aromatic heterocycles. The van der Waals surface area contributed by atoms with E-state index in [9.17, 15) is 24.9 Å². The number of hydrogen-bond acceptors (Lipinski definition) is 8. The molecule has 8 heteroatoms. The molecule has 1 heterocycles. The average molecular weight is 591 g/mol. The summed E-state index contributed by atoms with van der Waals surface area (Å²) < 4.78 is 18.6. The van der Waals surface area contributed by atoms with Crippen molar-refractivity contribution in [3.05, 3.63) is 0 Å². The summed E-state index contributed by atoms with van der Waals surface area (Å²) >= 11 is 0. The third kappa shape index (κ3) is 3.92. The molecule has 6 rings (SSSR count). The number of esters is 2. The molecule has 0 unspecified atom stereocenters. The highest BCUT2D eigenvalue weighted by atomic mass is 16.6. The van der Waals surface area contributed by atoms with Crippen molar-refractivity contribution in [2.75, 3.05) is 0 Å². The first-order valence-electron chi connectivity index (χ1n) is 16.5. The first-order valence-corrected chi connectivity index (χ1v) is 16.5. The van der Waals surface area contributed by atoms with Crippen molar-refractivity contribution < 1.29 is 39.1 Å². The highest BCUT2D eigenvalue weighted by Gasteiger charge is 2.83. The third-order valence-corrected chi connectivity index (χ3v) is 14.5. The zero-order valence-corrected chi connectivity index (χ0v) is 27.0. The fourth-order valence-corrected chi connectivity index (χ4v) is 12.0. The Labute approximate surface area is 251 Å². The van der Waals surface area contributed by atoms with Crippen molar-refractivity contribution in [3.63, 3.8) is 0 Å². The predicted molar refractivity (Wildman–Crippen MR) is 155 cm³/mol. The number of hydrogen-bond donors (Lipinski definition) is 3. The molecule has 0 amide bonds. The summed E-state index contributed by atoms with van der Waals surface area (Å²) in [5, 5.41) is 35.2. The van der Waals surface area contributed by atoms with E-state index in [1.54, 1.807) is 0 Å². The van der Waals surface area contributed by atoms with Gasteiger partial charge in [-0.15, -0.1) is 0 Å². The quantitative estimate of drug-likeness (QED) is 0.312.